The molecule has 3 N–H and O–H groups in total. The Bertz CT molecular complexity index is 448. The number of urea groups is 1. The van der Waals surface area contributed by atoms with Crippen molar-refractivity contribution in [3.8, 4) is 0 Å². The van der Waals surface area contributed by atoms with E-state index in [1.165, 1.54) is 0 Å². The van der Waals surface area contributed by atoms with Crippen LogP contribution in [0.4, 0.5) is 16.2 Å². The number of hydrogen-bond acceptors (Lipinski definition) is 3. The SMILES string of the molecule is Nc1cccc(N2CC3CNCCN3C2=O)c1. The van der Waals surface area contributed by atoms with Gasteiger partial charge in [-0.25, -0.2) is 4.79 Å². The van der Waals surface area contributed by atoms with Crippen molar-refractivity contribution in [2.45, 2.75) is 6.04 Å². The molecule has 2 amide bonds. The summed E-state index contributed by atoms with van der Waals surface area (Å²) in [4.78, 5) is 16.0. The van der Waals surface area contributed by atoms with E-state index >= 15 is 0 Å². The lowest BCUT2D eigenvalue weighted by molar-refractivity contribution is 0.193. The molecule has 17 heavy (non-hydrogen) atoms. The first-order valence-electron chi connectivity index (χ1n) is 5.90. The monoisotopic (exact) mass is 232 g/mol. The molecule has 2 aliphatic rings. The van der Waals surface area contributed by atoms with E-state index in [2.05, 4.69) is 5.32 Å². The third-order valence-corrected chi connectivity index (χ3v) is 3.40. The third-order valence-electron chi connectivity index (χ3n) is 3.40. The van der Waals surface area contributed by atoms with Gasteiger partial charge in [-0.15, -0.1) is 0 Å². The van der Waals surface area contributed by atoms with Crippen LogP contribution in [0.2, 0.25) is 0 Å². The van der Waals surface area contributed by atoms with Gasteiger partial charge in [-0.3, -0.25) is 4.90 Å². The molecule has 2 aliphatic heterocycles. The van der Waals surface area contributed by atoms with Gasteiger partial charge in [0.25, 0.3) is 0 Å². The highest BCUT2D eigenvalue weighted by Crippen LogP contribution is 2.25. The van der Waals surface area contributed by atoms with E-state index in [9.17, 15) is 4.79 Å². The third kappa shape index (κ3) is 1.72. The molecule has 5 nitrogen and oxygen atoms in total. The van der Waals surface area contributed by atoms with Gasteiger partial charge in [0.2, 0.25) is 0 Å². The van der Waals surface area contributed by atoms with Crippen molar-refractivity contribution < 1.29 is 4.79 Å². The van der Waals surface area contributed by atoms with Crippen molar-refractivity contribution in [3.63, 3.8) is 0 Å². The van der Waals surface area contributed by atoms with Gasteiger partial charge < -0.3 is 16.0 Å². The fourth-order valence-electron chi connectivity index (χ4n) is 2.53. The molecule has 0 aliphatic carbocycles. The molecule has 2 fully saturated rings. The summed E-state index contributed by atoms with van der Waals surface area (Å²) in [5.74, 6) is 0. The minimum absolute atomic E-state index is 0.0992. The Kier molecular flexibility index (Phi) is 2.40. The van der Waals surface area contributed by atoms with E-state index in [1.807, 2.05) is 34.1 Å². The Morgan fingerprint density at radius 2 is 2.29 bits per heavy atom. The number of anilines is 2. The number of nitrogens with two attached hydrogens (primary N) is 1. The summed E-state index contributed by atoms with van der Waals surface area (Å²) in [5, 5.41) is 3.31. The molecule has 5 heteroatoms. The Labute approximate surface area is 100 Å². The number of piperazine rings is 1. The Balaban J connectivity index is 1.87. The zero-order valence-corrected chi connectivity index (χ0v) is 9.60. The van der Waals surface area contributed by atoms with Crippen molar-refractivity contribution in [2.24, 2.45) is 0 Å². The van der Waals surface area contributed by atoms with Gasteiger partial charge in [-0.2, -0.15) is 0 Å². The van der Waals surface area contributed by atoms with Gasteiger partial charge in [-0.05, 0) is 18.2 Å². The van der Waals surface area contributed by atoms with E-state index < -0.39 is 0 Å². The fourth-order valence-corrected chi connectivity index (χ4v) is 2.53. The molecule has 0 saturated carbocycles. The number of carbonyl (C=O) groups excluding carboxylic acids is 1. The average molecular weight is 232 g/mol. The summed E-state index contributed by atoms with van der Waals surface area (Å²) in [6.45, 7) is 3.30. The first-order chi connectivity index (χ1) is 8.25. The van der Waals surface area contributed by atoms with Crippen LogP contribution in [0.3, 0.4) is 0 Å². The molecule has 0 radical (unpaired) electrons. The summed E-state index contributed by atoms with van der Waals surface area (Å²) in [6.07, 6.45) is 0. The van der Waals surface area contributed by atoms with Gasteiger partial charge in [0.1, 0.15) is 0 Å². The van der Waals surface area contributed by atoms with Crippen molar-refractivity contribution in [1.29, 1.82) is 0 Å². The first kappa shape index (κ1) is 10.4. The van der Waals surface area contributed by atoms with Gasteiger partial charge in [0.15, 0.2) is 0 Å². The van der Waals surface area contributed by atoms with Crippen LogP contribution in [0.1, 0.15) is 0 Å². The van der Waals surface area contributed by atoms with Crippen molar-refractivity contribution in [2.75, 3.05) is 36.8 Å². The molecule has 1 aromatic carbocycles. The second-order valence-corrected chi connectivity index (χ2v) is 4.54. The zero-order chi connectivity index (χ0) is 11.8. The Hall–Kier alpha value is -1.75. The van der Waals surface area contributed by atoms with Crippen LogP contribution in [0.5, 0.6) is 0 Å². The van der Waals surface area contributed by atoms with E-state index in [0.717, 1.165) is 31.9 Å². The van der Waals surface area contributed by atoms with Gasteiger partial charge in [0, 0.05) is 37.6 Å². The van der Waals surface area contributed by atoms with Crippen LogP contribution in [0.25, 0.3) is 0 Å². The molecule has 90 valence electrons. The van der Waals surface area contributed by atoms with Crippen LogP contribution in [0.15, 0.2) is 24.3 Å². The molecule has 0 spiro atoms. The lowest BCUT2D eigenvalue weighted by atomic mass is 10.2. The highest BCUT2D eigenvalue weighted by molar-refractivity contribution is 5.95. The molecule has 0 aromatic heterocycles. The number of carbonyl (C=O) groups is 1. The van der Waals surface area contributed by atoms with Gasteiger partial charge in [-0.1, -0.05) is 6.07 Å². The average Bonchev–Trinajstić information content (AvgIpc) is 2.68. The summed E-state index contributed by atoms with van der Waals surface area (Å²) >= 11 is 0. The fraction of sp³-hybridized carbons (Fsp3) is 0.417. The molecule has 2 heterocycles. The first-order valence-corrected chi connectivity index (χ1v) is 5.90. The summed E-state index contributed by atoms with van der Waals surface area (Å²) in [7, 11) is 0. The molecule has 1 atom stereocenters. The Morgan fingerprint density at radius 1 is 1.41 bits per heavy atom. The smallest absolute Gasteiger partial charge is 0.324 e. The number of nitrogens with one attached hydrogen (secondary N) is 1. The molecule has 3 rings (SSSR count). The number of nitrogens with zero attached hydrogens (tertiary/aromatic N) is 2. The minimum atomic E-state index is 0.0992. The normalized spacial score (nSPS) is 24.0. The second-order valence-electron chi connectivity index (χ2n) is 4.54. The van der Waals surface area contributed by atoms with Crippen LogP contribution in [-0.4, -0.2) is 43.2 Å². The maximum Gasteiger partial charge on any atom is 0.324 e. The minimum Gasteiger partial charge on any atom is -0.399 e. The highest BCUT2D eigenvalue weighted by atomic mass is 16.2. The molecule has 2 saturated heterocycles. The highest BCUT2D eigenvalue weighted by Gasteiger charge is 2.38. The van der Waals surface area contributed by atoms with Gasteiger partial charge >= 0.3 is 6.03 Å². The van der Waals surface area contributed by atoms with Crippen LogP contribution < -0.4 is 16.0 Å². The predicted octanol–water partition coefficient (Wildman–Crippen LogP) is 0.483. The van der Waals surface area contributed by atoms with Crippen LogP contribution in [0, 0.1) is 0 Å². The lowest BCUT2D eigenvalue weighted by Gasteiger charge is -2.28. The Morgan fingerprint density at radius 3 is 3.06 bits per heavy atom. The van der Waals surface area contributed by atoms with E-state index in [4.69, 9.17) is 5.73 Å². The number of nitrogen functional groups attached to an aromatic ring is 1. The largest absolute Gasteiger partial charge is 0.399 e. The number of rotatable bonds is 1. The number of fused-ring (bicyclic) bond motifs is 1. The topological polar surface area (TPSA) is 61.6 Å². The lowest BCUT2D eigenvalue weighted by Crippen LogP contribution is -2.49. The molecule has 1 aromatic rings. The maximum absolute atomic E-state index is 12.2. The molecular weight excluding hydrogens is 216 g/mol. The number of amides is 2. The van der Waals surface area contributed by atoms with Crippen LogP contribution >= 0.6 is 0 Å². The molecule has 0 bridgehead atoms. The molecule has 1 unspecified atom stereocenters. The predicted molar refractivity (Wildman–Crippen MR) is 67.0 cm³/mol. The molecular formula is C12H16N4O. The van der Waals surface area contributed by atoms with Crippen molar-refractivity contribution >= 4 is 17.4 Å². The maximum atomic E-state index is 12.2. The second kappa shape index (κ2) is 3.92. The van der Waals surface area contributed by atoms with E-state index in [-0.39, 0.29) is 12.1 Å². The van der Waals surface area contributed by atoms with Gasteiger partial charge in [0.05, 0.1) is 6.04 Å². The number of hydrogen-bond donors (Lipinski definition) is 2. The summed E-state index contributed by atoms with van der Waals surface area (Å²) in [5.41, 5.74) is 7.34. The zero-order valence-electron chi connectivity index (χ0n) is 9.60. The van der Waals surface area contributed by atoms with Crippen LogP contribution in [-0.2, 0) is 0 Å². The van der Waals surface area contributed by atoms with E-state index in [1.54, 1.807) is 0 Å². The summed E-state index contributed by atoms with van der Waals surface area (Å²) in [6, 6.07) is 7.89. The quantitative estimate of drug-likeness (QED) is 0.692. The van der Waals surface area contributed by atoms with Crippen molar-refractivity contribution in [1.82, 2.24) is 10.2 Å². The van der Waals surface area contributed by atoms with Crippen molar-refractivity contribution in [3.05, 3.63) is 24.3 Å². The van der Waals surface area contributed by atoms with E-state index in [0.29, 0.717) is 5.69 Å². The summed E-state index contributed by atoms with van der Waals surface area (Å²) < 4.78 is 0. The standard InChI is InChI=1S/C12H16N4O/c13-9-2-1-3-10(6-9)16-8-11-7-14-4-5-15(11)12(16)17/h1-3,6,11,14H,4-5,7-8,13H2. The number of benzene rings is 1.